The van der Waals surface area contributed by atoms with Crippen LogP contribution in [0.25, 0.3) is 11.0 Å². The van der Waals surface area contributed by atoms with Crippen molar-refractivity contribution in [2.24, 2.45) is 7.05 Å². The maximum absolute atomic E-state index is 12.9. The molecule has 1 amide bonds. The third-order valence-corrected chi connectivity index (χ3v) is 5.95. The maximum atomic E-state index is 12.9. The van der Waals surface area contributed by atoms with Gasteiger partial charge in [0, 0.05) is 20.1 Å². The normalized spacial score (nSPS) is 15.2. The van der Waals surface area contributed by atoms with E-state index in [-0.39, 0.29) is 11.2 Å². The molecule has 2 heterocycles. The molecular formula is C20H21N3OS. The van der Waals surface area contributed by atoms with E-state index in [1.165, 1.54) is 22.9 Å². The van der Waals surface area contributed by atoms with Crippen molar-refractivity contribution in [3.8, 4) is 0 Å². The molecule has 128 valence electrons. The number of benzene rings is 2. The van der Waals surface area contributed by atoms with Gasteiger partial charge in [-0.05, 0) is 36.6 Å². The zero-order chi connectivity index (χ0) is 17.4. The Labute approximate surface area is 151 Å². The van der Waals surface area contributed by atoms with Crippen LogP contribution < -0.4 is 0 Å². The number of carbonyl (C=O) groups excluding carboxylic acids is 1. The molecule has 0 fully saturated rings. The van der Waals surface area contributed by atoms with Crippen LogP contribution in [0.2, 0.25) is 0 Å². The summed E-state index contributed by atoms with van der Waals surface area (Å²) in [5.41, 5.74) is 4.69. The highest BCUT2D eigenvalue weighted by Crippen LogP contribution is 2.28. The molecule has 1 aromatic heterocycles. The van der Waals surface area contributed by atoms with Crippen molar-refractivity contribution in [1.82, 2.24) is 14.5 Å². The zero-order valence-electron chi connectivity index (χ0n) is 14.5. The third-order valence-electron chi connectivity index (χ3n) is 4.82. The molecule has 1 atom stereocenters. The second kappa shape index (κ2) is 6.56. The molecule has 0 spiro atoms. The van der Waals surface area contributed by atoms with E-state index in [2.05, 4.69) is 33.8 Å². The lowest BCUT2D eigenvalue weighted by Crippen LogP contribution is -2.40. The second-order valence-electron chi connectivity index (χ2n) is 6.48. The molecule has 1 aliphatic heterocycles. The Hall–Kier alpha value is -2.27. The summed E-state index contributed by atoms with van der Waals surface area (Å²) >= 11 is 1.54. The van der Waals surface area contributed by atoms with Gasteiger partial charge in [0.2, 0.25) is 5.91 Å². The summed E-state index contributed by atoms with van der Waals surface area (Å²) in [4.78, 5) is 19.6. The lowest BCUT2D eigenvalue weighted by atomic mass is 10.00. The molecule has 0 saturated carbocycles. The summed E-state index contributed by atoms with van der Waals surface area (Å²) in [6.45, 7) is 3.48. The third kappa shape index (κ3) is 3.04. The van der Waals surface area contributed by atoms with Crippen LogP contribution in [0.5, 0.6) is 0 Å². The first-order chi connectivity index (χ1) is 12.1. The number of rotatable bonds is 3. The minimum absolute atomic E-state index is 0.152. The Morgan fingerprint density at radius 2 is 1.84 bits per heavy atom. The second-order valence-corrected chi connectivity index (χ2v) is 7.79. The summed E-state index contributed by atoms with van der Waals surface area (Å²) in [5, 5.41) is 0.736. The maximum Gasteiger partial charge on any atom is 0.236 e. The van der Waals surface area contributed by atoms with E-state index in [1.54, 1.807) is 0 Å². The molecule has 0 saturated heterocycles. The summed E-state index contributed by atoms with van der Waals surface area (Å²) in [6.07, 6.45) is 0.936. The molecule has 2 aromatic carbocycles. The number of para-hydroxylation sites is 2. The van der Waals surface area contributed by atoms with Crippen molar-refractivity contribution >= 4 is 28.7 Å². The number of aryl methyl sites for hydroxylation is 1. The van der Waals surface area contributed by atoms with E-state index in [0.29, 0.717) is 6.54 Å². The molecule has 1 aliphatic rings. The number of nitrogens with zero attached hydrogens (tertiary/aromatic N) is 3. The Kier molecular flexibility index (Phi) is 4.25. The van der Waals surface area contributed by atoms with Gasteiger partial charge in [-0.1, -0.05) is 48.2 Å². The monoisotopic (exact) mass is 351 g/mol. The quantitative estimate of drug-likeness (QED) is 0.676. The first-order valence-electron chi connectivity index (χ1n) is 8.57. The fourth-order valence-corrected chi connectivity index (χ4v) is 4.35. The van der Waals surface area contributed by atoms with Crippen LogP contribution in [0.15, 0.2) is 53.7 Å². The standard InChI is InChI=1S/C20H21N3OS/c1-14(25-20-21-17-9-5-6-10-18(17)22(20)2)19(24)23-12-11-15-7-3-4-8-16(15)13-23/h3-10,14H,11-13H2,1-2H3. The predicted octanol–water partition coefficient (Wildman–Crippen LogP) is 3.64. The predicted molar refractivity (Wildman–Crippen MR) is 102 cm³/mol. The Balaban J connectivity index is 1.50. The summed E-state index contributed by atoms with van der Waals surface area (Å²) in [6, 6.07) is 16.5. The van der Waals surface area contributed by atoms with Crippen LogP contribution in [-0.2, 0) is 24.8 Å². The summed E-state index contributed by atoms with van der Waals surface area (Å²) < 4.78 is 2.06. The number of fused-ring (bicyclic) bond motifs is 2. The fourth-order valence-electron chi connectivity index (χ4n) is 3.38. The highest BCUT2D eigenvalue weighted by atomic mass is 32.2. The van der Waals surface area contributed by atoms with Crippen molar-refractivity contribution in [1.29, 1.82) is 0 Å². The number of thioether (sulfide) groups is 1. The van der Waals surface area contributed by atoms with Gasteiger partial charge in [0.1, 0.15) is 0 Å². The number of imidazole rings is 1. The molecule has 5 heteroatoms. The molecule has 4 rings (SSSR count). The topological polar surface area (TPSA) is 38.1 Å². The van der Waals surface area contributed by atoms with Gasteiger partial charge in [-0.15, -0.1) is 0 Å². The first-order valence-corrected chi connectivity index (χ1v) is 9.45. The van der Waals surface area contributed by atoms with E-state index < -0.39 is 0 Å². The number of amides is 1. The summed E-state index contributed by atoms with van der Waals surface area (Å²) in [7, 11) is 2.01. The lowest BCUT2D eigenvalue weighted by Gasteiger charge is -2.30. The number of hydrogen-bond donors (Lipinski definition) is 0. The fraction of sp³-hybridized carbons (Fsp3) is 0.300. The minimum atomic E-state index is -0.152. The Morgan fingerprint density at radius 3 is 2.64 bits per heavy atom. The van der Waals surface area contributed by atoms with Crippen LogP contribution in [0.3, 0.4) is 0 Å². The van der Waals surface area contributed by atoms with Gasteiger partial charge in [-0.25, -0.2) is 4.98 Å². The molecule has 3 aromatic rings. The minimum Gasteiger partial charge on any atom is -0.337 e. The van der Waals surface area contributed by atoms with Crippen molar-refractivity contribution in [3.05, 3.63) is 59.7 Å². The van der Waals surface area contributed by atoms with Gasteiger partial charge in [0.05, 0.1) is 16.3 Å². The van der Waals surface area contributed by atoms with Gasteiger partial charge in [0.15, 0.2) is 5.16 Å². The molecule has 0 N–H and O–H groups in total. The largest absolute Gasteiger partial charge is 0.337 e. The Bertz CT molecular complexity index is 934. The Morgan fingerprint density at radius 1 is 1.12 bits per heavy atom. The van der Waals surface area contributed by atoms with Crippen LogP contribution in [0, 0.1) is 0 Å². The average molecular weight is 351 g/mol. The highest BCUT2D eigenvalue weighted by Gasteiger charge is 2.26. The van der Waals surface area contributed by atoms with Crippen molar-refractivity contribution in [3.63, 3.8) is 0 Å². The van der Waals surface area contributed by atoms with Crippen LogP contribution in [-0.4, -0.2) is 32.2 Å². The van der Waals surface area contributed by atoms with Gasteiger partial charge in [-0.2, -0.15) is 0 Å². The van der Waals surface area contributed by atoms with E-state index in [1.807, 2.05) is 43.1 Å². The average Bonchev–Trinajstić information content (AvgIpc) is 2.96. The lowest BCUT2D eigenvalue weighted by molar-refractivity contribution is -0.131. The number of aromatic nitrogens is 2. The van der Waals surface area contributed by atoms with E-state index in [0.717, 1.165) is 29.2 Å². The van der Waals surface area contributed by atoms with Gasteiger partial charge in [-0.3, -0.25) is 4.79 Å². The van der Waals surface area contributed by atoms with Gasteiger partial charge >= 0.3 is 0 Å². The van der Waals surface area contributed by atoms with Crippen molar-refractivity contribution in [2.75, 3.05) is 6.54 Å². The summed E-state index contributed by atoms with van der Waals surface area (Å²) in [5.74, 6) is 0.187. The van der Waals surface area contributed by atoms with E-state index >= 15 is 0 Å². The highest BCUT2D eigenvalue weighted by molar-refractivity contribution is 8.00. The molecule has 25 heavy (non-hydrogen) atoms. The van der Waals surface area contributed by atoms with Crippen LogP contribution in [0.1, 0.15) is 18.1 Å². The molecule has 0 bridgehead atoms. The van der Waals surface area contributed by atoms with E-state index in [9.17, 15) is 4.79 Å². The molecule has 1 unspecified atom stereocenters. The van der Waals surface area contributed by atoms with Gasteiger partial charge in [0.25, 0.3) is 0 Å². The van der Waals surface area contributed by atoms with Crippen LogP contribution in [0.4, 0.5) is 0 Å². The van der Waals surface area contributed by atoms with E-state index in [4.69, 9.17) is 0 Å². The zero-order valence-corrected chi connectivity index (χ0v) is 15.3. The first kappa shape index (κ1) is 16.2. The van der Waals surface area contributed by atoms with Crippen molar-refractivity contribution in [2.45, 2.75) is 30.3 Å². The molecule has 0 radical (unpaired) electrons. The number of hydrogen-bond acceptors (Lipinski definition) is 3. The molecule has 0 aliphatic carbocycles. The van der Waals surface area contributed by atoms with Gasteiger partial charge < -0.3 is 9.47 Å². The molecule has 4 nitrogen and oxygen atoms in total. The smallest absolute Gasteiger partial charge is 0.236 e. The van der Waals surface area contributed by atoms with Crippen molar-refractivity contribution < 1.29 is 4.79 Å². The number of carbonyl (C=O) groups is 1. The SMILES string of the molecule is CC(Sc1nc2ccccc2n1C)C(=O)N1CCc2ccccc2C1. The van der Waals surface area contributed by atoms with Crippen LogP contribution >= 0.6 is 11.8 Å². The molecular weight excluding hydrogens is 330 g/mol.